The Morgan fingerprint density at radius 3 is 0.724 bits per heavy atom. The fourth-order valence-electron chi connectivity index (χ4n) is 13.3. The van der Waals surface area contributed by atoms with Gasteiger partial charge in [0.15, 0.2) is 12.2 Å². The second-order valence-corrected chi connectivity index (χ2v) is 35.0. The third kappa shape index (κ3) is 78.5. The molecule has 3 unspecified atom stereocenters. The number of esters is 4. The number of rotatable bonds is 84. The molecule has 0 amide bonds. The van der Waals surface area contributed by atoms with Gasteiger partial charge in [-0.05, 0) is 43.4 Å². The van der Waals surface area contributed by atoms with E-state index in [2.05, 4.69) is 48.5 Å². The molecule has 0 aromatic carbocycles. The third-order valence-corrected chi connectivity index (χ3v) is 22.4. The number of aliphatic hydroxyl groups excluding tert-OH is 1. The smallest absolute Gasteiger partial charge is 0.462 e. The van der Waals surface area contributed by atoms with Crippen LogP contribution in [0.25, 0.3) is 0 Å². The first-order valence-corrected chi connectivity index (χ1v) is 47.4. The molecule has 0 aromatic rings. The fraction of sp³-hybridized carbons (Fsp3) is 0.953. The number of hydrogen-bond donors (Lipinski definition) is 3. The molecule has 0 spiro atoms. The number of ether oxygens (including phenoxy) is 4. The monoisotopic (exact) mass is 1540 g/mol. The summed E-state index contributed by atoms with van der Waals surface area (Å²) in [5.41, 5.74) is 0. The zero-order valence-electron chi connectivity index (χ0n) is 69.2. The Balaban J connectivity index is 5.23. The summed E-state index contributed by atoms with van der Waals surface area (Å²) in [6.07, 6.45) is 66.7. The van der Waals surface area contributed by atoms with E-state index in [1.54, 1.807) is 0 Å². The van der Waals surface area contributed by atoms with E-state index in [9.17, 15) is 43.2 Å². The van der Waals surface area contributed by atoms with E-state index >= 15 is 0 Å². The second kappa shape index (κ2) is 76.1. The molecule has 0 aliphatic rings. The van der Waals surface area contributed by atoms with Crippen LogP contribution in [0.5, 0.6) is 0 Å². The van der Waals surface area contributed by atoms with Crippen molar-refractivity contribution in [3.63, 3.8) is 0 Å². The average molecular weight is 1540 g/mol. The maximum absolute atomic E-state index is 13.1. The van der Waals surface area contributed by atoms with Gasteiger partial charge in [0.2, 0.25) is 0 Å². The summed E-state index contributed by atoms with van der Waals surface area (Å²) in [4.78, 5) is 73.2. The van der Waals surface area contributed by atoms with Crippen molar-refractivity contribution in [2.75, 3.05) is 39.6 Å². The van der Waals surface area contributed by atoms with Crippen molar-refractivity contribution in [2.24, 2.45) is 17.8 Å². The Kier molecular flexibility index (Phi) is 74.7. The van der Waals surface area contributed by atoms with Crippen LogP contribution in [0.4, 0.5) is 0 Å². The molecular formula is C86H168O17P2. The minimum atomic E-state index is -4.97. The van der Waals surface area contributed by atoms with E-state index < -0.39 is 97.5 Å². The molecule has 0 heterocycles. The van der Waals surface area contributed by atoms with Crippen LogP contribution in [-0.4, -0.2) is 96.7 Å². The zero-order valence-corrected chi connectivity index (χ0v) is 71.0. The van der Waals surface area contributed by atoms with E-state index in [0.29, 0.717) is 25.7 Å². The molecule has 0 saturated heterocycles. The highest BCUT2D eigenvalue weighted by Crippen LogP contribution is 2.45. The van der Waals surface area contributed by atoms with Gasteiger partial charge in [0, 0.05) is 25.7 Å². The third-order valence-electron chi connectivity index (χ3n) is 20.5. The van der Waals surface area contributed by atoms with Crippen LogP contribution < -0.4 is 0 Å². The molecule has 0 fully saturated rings. The van der Waals surface area contributed by atoms with Crippen LogP contribution in [0, 0.1) is 17.8 Å². The number of aliphatic hydroxyl groups is 1. The Bertz CT molecular complexity index is 2030. The molecule has 19 heteroatoms. The van der Waals surface area contributed by atoms with Crippen molar-refractivity contribution in [3.8, 4) is 0 Å². The lowest BCUT2D eigenvalue weighted by Gasteiger charge is -2.21. The van der Waals surface area contributed by atoms with Crippen molar-refractivity contribution < 1.29 is 80.2 Å². The summed E-state index contributed by atoms with van der Waals surface area (Å²) in [5, 5.41) is 10.7. The van der Waals surface area contributed by atoms with Crippen LogP contribution in [0.2, 0.25) is 0 Å². The average Bonchev–Trinajstić information content (AvgIpc) is 0.955. The van der Waals surface area contributed by atoms with Gasteiger partial charge in [0.25, 0.3) is 0 Å². The first kappa shape index (κ1) is 103. The topological polar surface area (TPSA) is 237 Å². The molecule has 0 aliphatic heterocycles. The highest BCUT2D eigenvalue weighted by atomic mass is 31.2. The largest absolute Gasteiger partial charge is 0.472 e. The van der Waals surface area contributed by atoms with Gasteiger partial charge in [0.05, 0.1) is 26.4 Å². The van der Waals surface area contributed by atoms with Crippen molar-refractivity contribution in [3.05, 3.63) is 0 Å². The number of carbonyl (C=O) groups excluding carboxylic acids is 4. The van der Waals surface area contributed by atoms with Gasteiger partial charge < -0.3 is 33.8 Å². The second-order valence-electron chi connectivity index (χ2n) is 32.1. The Labute approximate surface area is 645 Å². The lowest BCUT2D eigenvalue weighted by Crippen LogP contribution is -2.30. The molecule has 6 atom stereocenters. The summed E-state index contributed by atoms with van der Waals surface area (Å²) in [5.74, 6) is 0.224. The summed E-state index contributed by atoms with van der Waals surface area (Å²) < 4.78 is 68.9. The van der Waals surface area contributed by atoms with E-state index in [1.807, 2.05) is 0 Å². The molecule has 105 heavy (non-hydrogen) atoms. The molecule has 0 rings (SSSR count). The molecule has 624 valence electrons. The summed E-state index contributed by atoms with van der Waals surface area (Å²) in [6.45, 7) is 12.0. The maximum Gasteiger partial charge on any atom is 0.472 e. The first-order chi connectivity index (χ1) is 50.8. The van der Waals surface area contributed by atoms with Crippen LogP contribution in [-0.2, 0) is 65.4 Å². The molecule has 3 N–H and O–H groups in total. The van der Waals surface area contributed by atoms with Gasteiger partial charge in [-0.3, -0.25) is 37.3 Å². The molecule has 0 radical (unpaired) electrons. The lowest BCUT2D eigenvalue weighted by molar-refractivity contribution is -0.161. The van der Waals surface area contributed by atoms with Crippen LogP contribution >= 0.6 is 15.6 Å². The number of unbranched alkanes of at least 4 members (excludes halogenated alkanes) is 51. The molecule has 0 saturated carbocycles. The van der Waals surface area contributed by atoms with Crippen molar-refractivity contribution >= 4 is 39.5 Å². The van der Waals surface area contributed by atoms with Gasteiger partial charge in [-0.15, -0.1) is 0 Å². The van der Waals surface area contributed by atoms with Gasteiger partial charge >= 0.3 is 39.5 Å². The summed E-state index contributed by atoms with van der Waals surface area (Å²) in [7, 11) is -9.93. The molecule has 0 bridgehead atoms. The normalized spacial score (nSPS) is 14.1. The Hall–Kier alpha value is -1.94. The highest BCUT2D eigenvalue weighted by molar-refractivity contribution is 7.47. The van der Waals surface area contributed by atoms with Crippen molar-refractivity contribution in [1.29, 1.82) is 0 Å². The standard InChI is InChI=1S/C86H168O17P2/c1-8-10-11-12-13-14-15-16-17-18-19-20-21-26-31-36-41-46-55-62-69-85(90)102-81(73-96-83(88)67-60-53-45-40-35-30-25-23-22-24-28-33-38-43-50-57-64-77(3)4)75-100-104(92,93)98-71-80(87)72-99-105(94,95)101-76-82(74-97-84(89)68-61-54-49-48-52-59-66-79(7)9-2)103-86(91)70-63-56-47-42-37-32-27-29-34-39-44-51-58-65-78(5)6/h77-82,87H,8-76H2,1-7H3,(H,92,93)(H,94,95)/t79?,80-,81-,82-/m1/s1. The van der Waals surface area contributed by atoms with E-state index in [-0.39, 0.29) is 25.7 Å². The van der Waals surface area contributed by atoms with Crippen molar-refractivity contribution in [1.82, 2.24) is 0 Å². The first-order valence-electron chi connectivity index (χ1n) is 44.4. The number of carbonyl (C=O) groups is 4. The molecule has 0 aromatic heterocycles. The van der Waals surface area contributed by atoms with Crippen molar-refractivity contribution in [2.45, 2.75) is 471 Å². The Morgan fingerprint density at radius 1 is 0.276 bits per heavy atom. The van der Waals surface area contributed by atoms with Crippen LogP contribution in [0.3, 0.4) is 0 Å². The summed E-state index contributed by atoms with van der Waals surface area (Å²) >= 11 is 0. The van der Waals surface area contributed by atoms with Gasteiger partial charge in [-0.25, -0.2) is 9.13 Å². The number of phosphoric acid groups is 2. The Morgan fingerprint density at radius 2 is 0.486 bits per heavy atom. The SMILES string of the molecule is CCCCCCCCCCCCCCCCCCCCCCC(=O)O[C@H](COC(=O)CCCCCCCCCCCCCCCCCCC(C)C)COP(=O)(O)OC[C@@H](O)COP(=O)(O)OC[C@@H](COC(=O)CCCCCCCCC(C)CC)OC(=O)CCCCCCCCCCCCCCCC(C)C. The van der Waals surface area contributed by atoms with E-state index in [1.165, 1.54) is 257 Å². The molecular weight excluding hydrogens is 1370 g/mol. The van der Waals surface area contributed by atoms with Crippen LogP contribution in [0.15, 0.2) is 0 Å². The zero-order chi connectivity index (χ0) is 77.2. The number of hydrogen-bond acceptors (Lipinski definition) is 15. The van der Waals surface area contributed by atoms with Gasteiger partial charge in [0.1, 0.15) is 19.3 Å². The maximum atomic E-state index is 13.1. The van der Waals surface area contributed by atoms with Crippen LogP contribution in [0.1, 0.15) is 453 Å². The summed E-state index contributed by atoms with van der Waals surface area (Å²) in [6, 6.07) is 0. The van der Waals surface area contributed by atoms with E-state index in [4.69, 9.17) is 37.0 Å². The highest BCUT2D eigenvalue weighted by Gasteiger charge is 2.30. The van der Waals surface area contributed by atoms with Gasteiger partial charge in [-0.2, -0.15) is 0 Å². The molecule has 0 aliphatic carbocycles. The predicted molar refractivity (Wildman–Crippen MR) is 432 cm³/mol. The quantitative estimate of drug-likeness (QED) is 0.0222. The minimum absolute atomic E-state index is 0.106. The molecule has 17 nitrogen and oxygen atoms in total. The van der Waals surface area contributed by atoms with E-state index in [0.717, 1.165) is 114 Å². The lowest BCUT2D eigenvalue weighted by atomic mass is 10.00. The predicted octanol–water partition coefficient (Wildman–Crippen LogP) is 26.1. The van der Waals surface area contributed by atoms with Gasteiger partial charge in [-0.1, -0.05) is 402 Å². The fourth-order valence-corrected chi connectivity index (χ4v) is 14.9. The number of phosphoric ester groups is 2. The minimum Gasteiger partial charge on any atom is -0.462 e.